The van der Waals surface area contributed by atoms with Gasteiger partial charge in [0.15, 0.2) is 12.1 Å². The summed E-state index contributed by atoms with van der Waals surface area (Å²) in [5.74, 6) is 0.249. The van der Waals surface area contributed by atoms with E-state index in [0.29, 0.717) is 5.69 Å². The molecule has 3 amide bonds. The van der Waals surface area contributed by atoms with Gasteiger partial charge >= 0.3 is 0 Å². The summed E-state index contributed by atoms with van der Waals surface area (Å²) in [5, 5.41) is 16.1. The number of ether oxygens (including phenoxy) is 2. The number of benzene rings is 3. The molecule has 2 fully saturated rings. The van der Waals surface area contributed by atoms with Crippen molar-refractivity contribution in [1.29, 1.82) is 0 Å². The second-order valence-corrected chi connectivity index (χ2v) is 11.9. The van der Waals surface area contributed by atoms with Crippen LogP contribution >= 0.6 is 0 Å². The minimum atomic E-state index is -0.995. The topological polar surface area (TPSA) is 116 Å². The Morgan fingerprint density at radius 1 is 0.891 bits per heavy atom. The Bertz CT molecular complexity index is 1770. The maximum Gasteiger partial charge on any atom is 0.264 e. The van der Waals surface area contributed by atoms with Gasteiger partial charge in [-0.2, -0.15) is 10.2 Å². The number of anilines is 1. The van der Waals surface area contributed by atoms with Crippen LogP contribution in [0.3, 0.4) is 0 Å². The van der Waals surface area contributed by atoms with E-state index in [-0.39, 0.29) is 24.4 Å². The van der Waals surface area contributed by atoms with Crippen LogP contribution in [-0.2, 0) is 14.4 Å². The van der Waals surface area contributed by atoms with Gasteiger partial charge in [0.1, 0.15) is 18.0 Å². The third kappa shape index (κ3) is 5.11. The van der Waals surface area contributed by atoms with Crippen molar-refractivity contribution in [3.63, 3.8) is 0 Å². The Labute approximate surface area is 266 Å². The lowest BCUT2D eigenvalue weighted by molar-refractivity contribution is -0.136. The molecule has 0 bridgehead atoms. The highest BCUT2D eigenvalue weighted by Gasteiger charge is 2.55. The molecule has 1 saturated carbocycles. The van der Waals surface area contributed by atoms with E-state index in [4.69, 9.17) is 14.6 Å². The number of carbonyl (C=O) groups excluding carboxylic acids is 3. The van der Waals surface area contributed by atoms with Gasteiger partial charge in [0.2, 0.25) is 0 Å². The largest absolute Gasteiger partial charge is 0.497 e. The Morgan fingerprint density at radius 2 is 1.57 bits per heavy atom. The zero-order valence-corrected chi connectivity index (χ0v) is 25.9. The van der Waals surface area contributed by atoms with Gasteiger partial charge in [-0.3, -0.25) is 19.4 Å². The van der Waals surface area contributed by atoms with Crippen molar-refractivity contribution < 1.29 is 23.9 Å². The molecule has 3 aromatic rings. The molecule has 11 nitrogen and oxygen atoms in total. The van der Waals surface area contributed by atoms with Crippen LogP contribution in [0.15, 0.2) is 93.8 Å². The second kappa shape index (κ2) is 11.9. The molecule has 11 heteroatoms. The van der Waals surface area contributed by atoms with Crippen molar-refractivity contribution in [2.75, 3.05) is 25.7 Å². The number of aryl methyl sites for hydroxylation is 1. The van der Waals surface area contributed by atoms with E-state index >= 15 is 0 Å². The first-order valence-electron chi connectivity index (χ1n) is 15.4. The number of carbonyl (C=O) groups is 3. The van der Waals surface area contributed by atoms with E-state index in [2.05, 4.69) is 16.4 Å². The number of methoxy groups -OCH3 is 2. The molecule has 7 rings (SSSR count). The molecule has 3 aromatic carbocycles. The molecule has 0 radical (unpaired) electrons. The van der Waals surface area contributed by atoms with Gasteiger partial charge in [-0.1, -0.05) is 47.2 Å². The van der Waals surface area contributed by atoms with Crippen LogP contribution in [0.25, 0.3) is 6.08 Å². The highest BCUT2D eigenvalue weighted by atomic mass is 16.5. The Balaban J connectivity index is 1.18. The van der Waals surface area contributed by atoms with Crippen molar-refractivity contribution in [2.24, 2.45) is 21.4 Å². The molecule has 1 aliphatic carbocycles. The first-order chi connectivity index (χ1) is 22.4. The minimum absolute atomic E-state index is 0.0183. The highest BCUT2D eigenvalue weighted by Crippen LogP contribution is 2.45. The molecular formula is C35H34N6O5. The highest BCUT2D eigenvalue weighted by molar-refractivity contribution is 6.25. The van der Waals surface area contributed by atoms with Crippen LogP contribution in [0.2, 0.25) is 0 Å². The number of amides is 3. The smallest absolute Gasteiger partial charge is 0.264 e. The summed E-state index contributed by atoms with van der Waals surface area (Å²) < 4.78 is 10.7. The lowest BCUT2D eigenvalue weighted by Crippen LogP contribution is -2.45. The summed E-state index contributed by atoms with van der Waals surface area (Å²) in [6, 6.07) is 20.4. The number of hydrazone groups is 1. The minimum Gasteiger partial charge on any atom is -0.497 e. The van der Waals surface area contributed by atoms with Gasteiger partial charge in [0.05, 0.1) is 31.7 Å². The average molecular weight is 619 g/mol. The lowest BCUT2D eigenvalue weighted by atomic mass is 9.77. The van der Waals surface area contributed by atoms with Crippen molar-refractivity contribution in [2.45, 2.75) is 44.3 Å². The predicted octanol–water partition coefficient (Wildman–Crippen LogP) is 5.13. The van der Waals surface area contributed by atoms with Gasteiger partial charge in [-0.05, 0) is 85.4 Å². The zero-order chi connectivity index (χ0) is 31.9. The monoisotopic (exact) mass is 618 g/mol. The quantitative estimate of drug-likeness (QED) is 0.339. The van der Waals surface area contributed by atoms with E-state index in [9.17, 15) is 14.4 Å². The molecule has 0 aromatic heterocycles. The molecule has 1 saturated heterocycles. The molecule has 4 atom stereocenters. The van der Waals surface area contributed by atoms with E-state index in [1.807, 2.05) is 67.6 Å². The van der Waals surface area contributed by atoms with Crippen LogP contribution in [0.4, 0.5) is 5.69 Å². The standard InChI is InChI=1S/C35H34N6O5/c1-21-7-13-25(14-8-21)40-34(43)31-33(35(40)44)39(38-36-31)20-29(42)41-32(23-11-17-27(46-3)18-12-23)28-6-4-5-24(30(28)37-41)19-22-9-15-26(45-2)16-10-22/h7-19,28,31-33H,4-6,20H2,1-3H3/b24-19-. The second-order valence-electron chi connectivity index (χ2n) is 11.9. The number of hydrogen-bond acceptors (Lipinski definition) is 9. The van der Waals surface area contributed by atoms with E-state index < -0.39 is 23.9 Å². The number of allylic oxidation sites excluding steroid dienone is 1. The third-order valence-corrected chi connectivity index (χ3v) is 9.12. The van der Waals surface area contributed by atoms with E-state index in [1.165, 1.54) is 10.0 Å². The van der Waals surface area contributed by atoms with E-state index in [0.717, 1.165) is 63.6 Å². The summed E-state index contributed by atoms with van der Waals surface area (Å²) in [4.78, 5) is 42.1. The SMILES string of the molecule is COc1ccc(/C=C2/CCCC3C2=NN(C(=O)CN2N=NC4C(=O)N(c5ccc(C)cc5)C(=O)C42)C3c2ccc(OC)cc2)cc1. The first kappa shape index (κ1) is 29.4. The molecule has 234 valence electrons. The summed E-state index contributed by atoms with van der Waals surface area (Å²) in [5.41, 5.74) is 5.41. The van der Waals surface area contributed by atoms with Crippen LogP contribution in [0.1, 0.15) is 42.0 Å². The summed E-state index contributed by atoms with van der Waals surface area (Å²) in [7, 11) is 3.26. The fourth-order valence-corrected chi connectivity index (χ4v) is 6.76. The fraction of sp³-hybridized carbons (Fsp3) is 0.314. The van der Waals surface area contributed by atoms with Gasteiger partial charge in [0.25, 0.3) is 17.7 Å². The molecule has 4 unspecified atom stereocenters. The number of fused-ring (bicyclic) bond motifs is 2. The van der Waals surface area contributed by atoms with Gasteiger partial charge in [0, 0.05) is 5.92 Å². The maximum atomic E-state index is 14.2. The first-order valence-corrected chi connectivity index (χ1v) is 15.4. The molecule has 0 N–H and O–H groups in total. The van der Waals surface area contributed by atoms with Crippen molar-refractivity contribution >= 4 is 35.2 Å². The summed E-state index contributed by atoms with van der Waals surface area (Å²) in [6.07, 6.45) is 4.79. The Morgan fingerprint density at radius 3 is 2.24 bits per heavy atom. The van der Waals surface area contributed by atoms with Crippen molar-refractivity contribution in [3.05, 3.63) is 95.1 Å². The van der Waals surface area contributed by atoms with Gasteiger partial charge in [-0.25, -0.2) is 9.91 Å². The Hall–Kier alpha value is -5.32. The van der Waals surface area contributed by atoms with Crippen LogP contribution in [0.5, 0.6) is 11.5 Å². The van der Waals surface area contributed by atoms with Gasteiger partial charge in [-0.15, -0.1) is 0 Å². The molecule has 46 heavy (non-hydrogen) atoms. The number of imide groups is 1. The van der Waals surface area contributed by atoms with Gasteiger partial charge < -0.3 is 9.47 Å². The number of rotatable bonds is 7. The summed E-state index contributed by atoms with van der Waals surface area (Å²) in [6.45, 7) is 1.68. The third-order valence-electron chi connectivity index (χ3n) is 9.12. The van der Waals surface area contributed by atoms with E-state index in [1.54, 1.807) is 26.4 Å². The van der Waals surface area contributed by atoms with Crippen LogP contribution < -0.4 is 14.4 Å². The Kier molecular flexibility index (Phi) is 7.59. The lowest BCUT2D eigenvalue weighted by Gasteiger charge is -2.30. The van der Waals surface area contributed by atoms with Crippen LogP contribution in [0, 0.1) is 12.8 Å². The molecule has 0 spiro atoms. The molecule has 3 heterocycles. The van der Waals surface area contributed by atoms with Crippen molar-refractivity contribution in [1.82, 2.24) is 10.0 Å². The fourth-order valence-electron chi connectivity index (χ4n) is 6.76. The van der Waals surface area contributed by atoms with Crippen LogP contribution in [-0.4, -0.2) is 66.3 Å². The number of hydrogen-bond donors (Lipinski definition) is 0. The molecule has 3 aliphatic heterocycles. The normalized spacial score (nSPS) is 24.4. The summed E-state index contributed by atoms with van der Waals surface area (Å²) >= 11 is 0. The average Bonchev–Trinajstić information content (AvgIpc) is 3.75. The molecular weight excluding hydrogens is 584 g/mol. The predicted molar refractivity (Wildman–Crippen MR) is 171 cm³/mol. The number of nitrogens with zero attached hydrogens (tertiary/aromatic N) is 6. The van der Waals surface area contributed by atoms with Crippen molar-refractivity contribution in [3.8, 4) is 11.5 Å². The maximum absolute atomic E-state index is 14.2. The zero-order valence-electron chi connectivity index (χ0n) is 25.9. The molecule has 4 aliphatic rings.